The number of nitrogens with zero attached hydrogens (tertiary/aromatic N) is 4. The predicted molar refractivity (Wildman–Crippen MR) is 96.1 cm³/mol. The van der Waals surface area contributed by atoms with Crippen LogP contribution in [-0.4, -0.2) is 25.4 Å². The average molecular weight is 406 g/mol. The number of hydrogen-bond donors (Lipinski definition) is 1. The second-order valence-electron chi connectivity index (χ2n) is 6.18. The van der Waals surface area contributed by atoms with Crippen molar-refractivity contribution in [1.82, 2.24) is 24.8 Å². The fraction of sp³-hybridized carbons (Fsp3) is 0.412. The highest BCUT2D eigenvalue weighted by molar-refractivity contribution is 9.10. The normalized spacial score (nSPS) is 11.4. The molecule has 8 heteroatoms. The molecule has 0 aliphatic heterocycles. The highest BCUT2D eigenvalue weighted by Crippen LogP contribution is 2.13. The lowest BCUT2D eigenvalue weighted by Crippen LogP contribution is -2.22. The molecule has 25 heavy (non-hydrogen) atoms. The third-order valence-electron chi connectivity index (χ3n) is 3.73. The number of pyridine rings is 1. The van der Waals surface area contributed by atoms with Gasteiger partial charge in [-0.15, -0.1) is 0 Å². The average Bonchev–Trinajstić information content (AvgIpc) is 3.19. The first-order chi connectivity index (χ1) is 12.0. The number of imidazole rings is 1. The Hall–Kier alpha value is -2.22. The number of nitrogens with one attached hydrogen (secondary N) is 1. The van der Waals surface area contributed by atoms with Gasteiger partial charge in [0.1, 0.15) is 5.65 Å². The summed E-state index contributed by atoms with van der Waals surface area (Å²) in [6.07, 6.45) is 5.53. The Morgan fingerprint density at radius 2 is 2.16 bits per heavy atom. The lowest BCUT2D eigenvalue weighted by Gasteiger charge is -2.01. The number of fused-ring (bicyclic) bond motifs is 1. The number of rotatable bonds is 7. The molecule has 0 spiro atoms. The molecule has 0 aromatic carbocycles. The van der Waals surface area contributed by atoms with Crippen molar-refractivity contribution < 1.29 is 9.32 Å². The second-order valence-corrected chi connectivity index (χ2v) is 7.09. The van der Waals surface area contributed by atoms with Crippen LogP contribution in [0.5, 0.6) is 0 Å². The quantitative estimate of drug-likeness (QED) is 0.651. The minimum absolute atomic E-state index is 0.0122. The van der Waals surface area contributed by atoms with E-state index >= 15 is 0 Å². The first kappa shape index (κ1) is 17.6. The largest absolute Gasteiger partial charge is 0.350 e. The van der Waals surface area contributed by atoms with Crippen molar-refractivity contribution in [2.24, 2.45) is 0 Å². The van der Waals surface area contributed by atoms with Crippen LogP contribution >= 0.6 is 15.9 Å². The van der Waals surface area contributed by atoms with E-state index in [0.717, 1.165) is 15.8 Å². The van der Waals surface area contributed by atoms with Gasteiger partial charge in [-0.05, 0) is 34.5 Å². The molecule has 0 saturated carbocycles. The van der Waals surface area contributed by atoms with Gasteiger partial charge >= 0.3 is 0 Å². The van der Waals surface area contributed by atoms with Crippen LogP contribution in [0.2, 0.25) is 0 Å². The van der Waals surface area contributed by atoms with Gasteiger partial charge < -0.3 is 14.2 Å². The molecule has 3 rings (SSSR count). The monoisotopic (exact) mass is 405 g/mol. The van der Waals surface area contributed by atoms with Crippen LogP contribution in [0.15, 0.2) is 33.5 Å². The van der Waals surface area contributed by atoms with E-state index in [-0.39, 0.29) is 11.8 Å². The summed E-state index contributed by atoms with van der Waals surface area (Å²) in [5.41, 5.74) is 1.68. The first-order valence-corrected chi connectivity index (χ1v) is 9.03. The molecule has 132 valence electrons. The maximum absolute atomic E-state index is 12.0. The van der Waals surface area contributed by atoms with Crippen molar-refractivity contribution in [3.8, 4) is 0 Å². The Labute approximate surface area is 154 Å². The molecule has 7 nitrogen and oxygen atoms in total. The Bertz CT molecular complexity index is 871. The molecular formula is C17H20BrN5O2. The molecule has 1 amide bonds. The zero-order valence-electron chi connectivity index (χ0n) is 14.2. The van der Waals surface area contributed by atoms with E-state index in [1.54, 1.807) is 0 Å². The van der Waals surface area contributed by atoms with Gasteiger partial charge in [0.05, 0.1) is 12.2 Å². The van der Waals surface area contributed by atoms with E-state index in [0.29, 0.717) is 37.5 Å². The molecule has 0 aliphatic rings. The highest BCUT2D eigenvalue weighted by atomic mass is 79.9. The van der Waals surface area contributed by atoms with Crippen LogP contribution in [0, 0.1) is 0 Å². The summed E-state index contributed by atoms with van der Waals surface area (Å²) in [4.78, 5) is 20.7. The smallest absolute Gasteiger partial charge is 0.226 e. The fourth-order valence-electron chi connectivity index (χ4n) is 2.38. The number of aryl methyl sites for hydroxylation is 1. The predicted octanol–water partition coefficient (Wildman–Crippen LogP) is 3.24. The summed E-state index contributed by atoms with van der Waals surface area (Å²) < 4.78 is 8.08. The molecule has 0 radical (unpaired) electrons. The molecule has 0 atom stereocenters. The van der Waals surface area contributed by atoms with Crippen LogP contribution in [0.1, 0.15) is 50.0 Å². The molecule has 0 bridgehead atoms. The number of aromatic nitrogens is 4. The van der Waals surface area contributed by atoms with Crippen molar-refractivity contribution in [2.75, 3.05) is 0 Å². The third kappa shape index (κ3) is 4.66. The summed E-state index contributed by atoms with van der Waals surface area (Å²) in [6, 6.07) is 3.86. The third-order valence-corrected chi connectivity index (χ3v) is 4.20. The van der Waals surface area contributed by atoms with Crippen LogP contribution in [0.25, 0.3) is 5.65 Å². The van der Waals surface area contributed by atoms with Crippen LogP contribution < -0.4 is 5.32 Å². The first-order valence-electron chi connectivity index (χ1n) is 8.23. The van der Waals surface area contributed by atoms with Gasteiger partial charge in [0, 0.05) is 35.6 Å². The van der Waals surface area contributed by atoms with Gasteiger partial charge in [-0.25, -0.2) is 4.98 Å². The number of carbonyl (C=O) groups excluding carboxylic acids is 1. The van der Waals surface area contributed by atoms with Gasteiger partial charge in [-0.1, -0.05) is 19.0 Å². The van der Waals surface area contributed by atoms with E-state index in [4.69, 9.17) is 4.52 Å². The SMILES string of the molecule is CC(C)c1noc(CCCC(=O)NCc2cn3cc(Br)ccc3n2)n1. The summed E-state index contributed by atoms with van der Waals surface area (Å²) in [7, 11) is 0. The summed E-state index contributed by atoms with van der Waals surface area (Å²) in [6.45, 7) is 4.44. The maximum atomic E-state index is 12.0. The molecule has 0 aliphatic carbocycles. The van der Waals surface area contributed by atoms with Gasteiger partial charge in [0.25, 0.3) is 0 Å². The van der Waals surface area contributed by atoms with Gasteiger partial charge in [-0.3, -0.25) is 4.79 Å². The van der Waals surface area contributed by atoms with E-state index in [2.05, 4.69) is 36.4 Å². The molecule has 3 aromatic rings. The Balaban J connectivity index is 1.44. The number of halogens is 1. The van der Waals surface area contributed by atoms with Crippen LogP contribution in [0.3, 0.4) is 0 Å². The fourth-order valence-corrected chi connectivity index (χ4v) is 2.74. The second kappa shape index (κ2) is 7.77. The molecule has 0 unspecified atom stereocenters. The molecule has 1 N–H and O–H groups in total. The molecule has 3 aromatic heterocycles. The minimum Gasteiger partial charge on any atom is -0.350 e. The lowest BCUT2D eigenvalue weighted by molar-refractivity contribution is -0.121. The van der Waals surface area contributed by atoms with E-state index in [1.165, 1.54) is 0 Å². The van der Waals surface area contributed by atoms with Crippen molar-refractivity contribution in [3.05, 3.63) is 46.4 Å². The lowest BCUT2D eigenvalue weighted by atomic mass is 10.2. The van der Waals surface area contributed by atoms with Gasteiger partial charge in [0.15, 0.2) is 5.82 Å². The molecule has 0 saturated heterocycles. The minimum atomic E-state index is -0.0122. The zero-order chi connectivity index (χ0) is 17.8. The summed E-state index contributed by atoms with van der Waals surface area (Å²) in [5.74, 6) is 1.52. The summed E-state index contributed by atoms with van der Waals surface area (Å²) >= 11 is 3.43. The van der Waals surface area contributed by atoms with E-state index < -0.39 is 0 Å². The highest BCUT2D eigenvalue weighted by Gasteiger charge is 2.10. The van der Waals surface area contributed by atoms with E-state index in [9.17, 15) is 4.79 Å². The molecular weight excluding hydrogens is 386 g/mol. The summed E-state index contributed by atoms with van der Waals surface area (Å²) in [5, 5.41) is 6.81. The molecule has 3 heterocycles. The Morgan fingerprint density at radius 1 is 1.32 bits per heavy atom. The topological polar surface area (TPSA) is 85.3 Å². The van der Waals surface area contributed by atoms with E-state index in [1.807, 2.05) is 42.8 Å². The van der Waals surface area contributed by atoms with Crippen LogP contribution in [-0.2, 0) is 17.8 Å². The van der Waals surface area contributed by atoms with Gasteiger partial charge in [-0.2, -0.15) is 4.98 Å². The van der Waals surface area contributed by atoms with Crippen LogP contribution in [0.4, 0.5) is 0 Å². The van der Waals surface area contributed by atoms with Gasteiger partial charge in [0.2, 0.25) is 11.8 Å². The van der Waals surface area contributed by atoms with Crippen molar-refractivity contribution in [2.45, 2.75) is 45.6 Å². The standard InChI is InChI=1S/C17H20BrN5O2/c1-11(2)17-21-16(25-22-17)5-3-4-15(24)19-8-13-10-23-9-12(18)6-7-14(23)20-13/h6-7,9-11H,3-5,8H2,1-2H3,(H,19,24). The molecule has 0 fully saturated rings. The maximum Gasteiger partial charge on any atom is 0.226 e. The zero-order valence-corrected chi connectivity index (χ0v) is 15.8. The number of carbonyl (C=O) groups is 1. The number of amides is 1. The van der Waals surface area contributed by atoms with Crippen molar-refractivity contribution in [1.29, 1.82) is 0 Å². The van der Waals surface area contributed by atoms with Crippen molar-refractivity contribution >= 4 is 27.5 Å². The Kier molecular flexibility index (Phi) is 5.47. The number of hydrogen-bond acceptors (Lipinski definition) is 5. The Morgan fingerprint density at radius 3 is 2.92 bits per heavy atom. The van der Waals surface area contributed by atoms with Crippen molar-refractivity contribution in [3.63, 3.8) is 0 Å².